The van der Waals surface area contributed by atoms with Crippen LogP contribution in [0.5, 0.6) is 0 Å². The topological polar surface area (TPSA) is 29.9 Å². The SMILES string of the molecule is CCNCc1c(C)nn(C2CCC(C)CC2)c1C. The van der Waals surface area contributed by atoms with Crippen molar-refractivity contribution in [1.82, 2.24) is 15.1 Å². The Morgan fingerprint density at radius 3 is 2.50 bits per heavy atom. The first-order valence-electron chi connectivity index (χ1n) is 7.38. The first kappa shape index (κ1) is 13.6. The summed E-state index contributed by atoms with van der Waals surface area (Å²) in [5.41, 5.74) is 3.97. The quantitative estimate of drug-likeness (QED) is 0.886. The van der Waals surface area contributed by atoms with Gasteiger partial charge in [-0.3, -0.25) is 4.68 Å². The monoisotopic (exact) mass is 249 g/mol. The van der Waals surface area contributed by atoms with Crippen molar-refractivity contribution in [2.45, 2.75) is 66.0 Å². The summed E-state index contributed by atoms with van der Waals surface area (Å²) in [5.74, 6) is 0.902. The van der Waals surface area contributed by atoms with Crippen molar-refractivity contribution in [3.63, 3.8) is 0 Å². The highest BCUT2D eigenvalue weighted by Gasteiger charge is 2.23. The summed E-state index contributed by atoms with van der Waals surface area (Å²) in [5, 5.41) is 8.20. The molecule has 1 saturated carbocycles. The lowest BCUT2D eigenvalue weighted by Crippen LogP contribution is -2.19. The molecule has 1 aromatic heterocycles. The number of nitrogens with zero attached hydrogens (tertiary/aromatic N) is 2. The standard InChI is InChI=1S/C15H27N3/c1-5-16-10-15-12(3)17-18(13(15)4)14-8-6-11(2)7-9-14/h11,14,16H,5-10H2,1-4H3. The van der Waals surface area contributed by atoms with Crippen molar-refractivity contribution < 1.29 is 0 Å². The number of rotatable bonds is 4. The van der Waals surface area contributed by atoms with Crippen LogP contribution in [0.15, 0.2) is 0 Å². The summed E-state index contributed by atoms with van der Waals surface area (Å²) in [6, 6.07) is 0.635. The first-order valence-corrected chi connectivity index (χ1v) is 7.38. The van der Waals surface area contributed by atoms with Gasteiger partial charge in [0, 0.05) is 17.8 Å². The minimum atomic E-state index is 0.635. The first-order chi connectivity index (χ1) is 8.63. The Bertz CT molecular complexity index is 387. The third-order valence-electron chi connectivity index (χ3n) is 4.36. The molecule has 0 aromatic carbocycles. The Morgan fingerprint density at radius 2 is 1.89 bits per heavy atom. The van der Waals surface area contributed by atoms with Gasteiger partial charge in [0.15, 0.2) is 0 Å². The van der Waals surface area contributed by atoms with E-state index in [1.807, 2.05) is 0 Å². The third-order valence-corrected chi connectivity index (χ3v) is 4.36. The lowest BCUT2D eigenvalue weighted by molar-refractivity contribution is 0.270. The predicted molar refractivity (Wildman–Crippen MR) is 75.8 cm³/mol. The molecule has 1 aliphatic carbocycles. The summed E-state index contributed by atoms with van der Waals surface area (Å²) in [6.07, 6.45) is 5.30. The Balaban J connectivity index is 2.13. The van der Waals surface area contributed by atoms with Crippen molar-refractivity contribution in [3.05, 3.63) is 17.0 Å². The Morgan fingerprint density at radius 1 is 1.22 bits per heavy atom. The van der Waals surface area contributed by atoms with E-state index < -0.39 is 0 Å². The molecule has 3 heteroatoms. The normalized spacial score (nSPS) is 24.4. The van der Waals surface area contributed by atoms with Crippen molar-refractivity contribution in [1.29, 1.82) is 0 Å². The highest BCUT2D eigenvalue weighted by atomic mass is 15.3. The van der Waals surface area contributed by atoms with Crippen LogP contribution in [-0.4, -0.2) is 16.3 Å². The lowest BCUT2D eigenvalue weighted by Gasteiger charge is -2.27. The average Bonchev–Trinajstić information content (AvgIpc) is 2.64. The number of nitrogens with one attached hydrogen (secondary N) is 1. The van der Waals surface area contributed by atoms with Crippen LogP contribution in [0.3, 0.4) is 0 Å². The fourth-order valence-electron chi connectivity index (χ4n) is 3.05. The minimum absolute atomic E-state index is 0.635. The molecule has 1 fully saturated rings. The van der Waals surface area contributed by atoms with Crippen LogP contribution in [0.25, 0.3) is 0 Å². The zero-order valence-electron chi connectivity index (χ0n) is 12.3. The van der Waals surface area contributed by atoms with Gasteiger partial charge in [0.25, 0.3) is 0 Å². The van der Waals surface area contributed by atoms with Gasteiger partial charge in [-0.2, -0.15) is 5.10 Å². The largest absolute Gasteiger partial charge is 0.313 e. The van der Waals surface area contributed by atoms with Gasteiger partial charge in [-0.05, 0) is 52.0 Å². The Kier molecular flexibility index (Phi) is 4.44. The van der Waals surface area contributed by atoms with E-state index in [2.05, 4.69) is 37.7 Å². The van der Waals surface area contributed by atoms with Crippen LogP contribution in [0.2, 0.25) is 0 Å². The van der Waals surface area contributed by atoms with E-state index in [1.54, 1.807) is 0 Å². The van der Waals surface area contributed by atoms with Crippen molar-refractivity contribution >= 4 is 0 Å². The molecule has 1 heterocycles. The lowest BCUT2D eigenvalue weighted by atomic mass is 9.87. The van der Waals surface area contributed by atoms with Crippen molar-refractivity contribution in [2.24, 2.45) is 5.92 Å². The maximum absolute atomic E-state index is 4.79. The molecule has 0 saturated heterocycles. The van der Waals surface area contributed by atoms with E-state index in [0.29, 0.717) is 6.04 Å². The zero-order valence-corrected chi connectivity index (χ0v) is 12.3. The van der Waals surface area contributed by atoms with E-state index in [0.717, 1.165) is 19.0 Å². The molecule has 0 atom stereocenters. The number of hydrogen-bond acceptors (Lipinski definition) is 2. The van der Waals surface area contributed by atoms with E-state index in [4.69, 9.17) is 5.10 Å². The van der Waals surface area contributed by atoms with Gasteiger partial charge in [0.05, 0.1) is 11.7 Å². The van der Waals surface area contributed by atoms with Crippen LogP contribution in [0, 0.1) is 19.8 Å². The van der Waals surface area contributed by atoms with E-state index in [9.17, 15) is 0 Å². The Labute approximate surface area is 111 Å². The van der Waals surface area contributed by atoms with Crippen LogP contribution < -0.4 is 5.32 Å². The molecule has 0 radical (unpaired) electrons. The molecule has 0 bridgehead atoms. The molecule has 1 N–H and O–H groups in total. The molecule has 1 aliphatic rings. The van der Waals surface area contributed by atoms with E-state index in [1.165, 1.54) is 42.6 Å². The molecular formula is C15H27N3. The van der Waals surface area contributed by atoms with E-state index >= 15 is 0 Å². The van der Waals surface area contributed by atoms with Crippen molar-refractivity contribution in [3.8, 4) is 0 Å². The zero-order chi connectivity index (χ0) is 13.1. The fourth-order valence-corrected chi connectivity index (χ4v) is 3.05. The van der Waals surface area contributed by atoms with Gasteiger partial charge in [-0.15, -0.1) is 0 Å². The average molecular weight is 249 g/mol. The maximum atomic E-state index is 4.79. The van der Waals surface area contributed by atoms with Gasteiger partial charge in [0.1, 0.15) is 0 Å². The second-order valence-corrected chi connectivity index (χ2v) is 5.79. The van der Waals surface area contributed by atoms with Gasteiger partial charge in [0.2, 0.25) is 0 Å². The summed E-state index contributed by atoms with van der Waals surface area (Å²) in [7, 11) is 0. The second-order valence-electron chi connectivity index (χ2n) is 5.79. The van der Waals surface area contributed by atoms with Gasteiger partial charge in [-0.1, -0.05) is 13.8 Å². The van der Waals surface area contributed by atoms with E-state index in [-0.39, 0.29) is 0 Å². The van der Waals surface area contributed by atoms with Crippen LogP contribution in [0.1, 0.15) is 62.5 Å². The highest BCUT2D eigenvalue weighted by molar-refractivity contribution is 5.24. The summed E-state index contributed by atoms with van der Waals surface area (Å²) in [6.45, 7) is 10.9. The van der Waals surface area contributed by atoms with Crippen LogP contribution in [-0.2, 0) is 6.54 Å². The smallest absolute Gasteiger partial charge is 0.0641 e. The van der Waals surface area contributed by atoms with Gasteiger partial charge < -0.3 is 5.32 Å². The molecule has 3 nitrogen and oxygen atoms in total. The molecule has 18 heavy (non-hydrogen) atoms. The molecular weight excluding hydrogens is 222 g/mol. The molecule has 0 unspecified atom stereocenters. The van der Waals surface area contributed by atoms with Crippen LogP contribution in [0.4, 0.5) is 0 Å². The van der Waals surface area contributed by atoms with Crippen LogP contribution >= 0.6 is 0 Å². The third kappa shape index (κ3) is 2.77. The Hall–Kier alpha value is -0.830. The second kappa shape index (κ2) is 5.87. The summed E-state index contributed by atoms with van der Waals surface area (Å²) >= 11 is 0. The molecule has 0 spiro atoms. The number of aryl methyl sites for hydroxylation is 1. The number of hydrogen-bond donors (Lipinski definition) is 1. The highest BCUT2D eigenvalue weighted by Crippen LogP contribution is 2.33. The molecule has 0 aliphatic heterocycles. The van der Waals surface area contributed by atoms with Gasteiger partial charge >= 0.3 is 0 Å². The molecule has 102 valence electrons. The molecule has 1 aromatic rings. The molecule has 0 amide bonds. The number of aromatic nitrogens is 2. The minimum Gasteiger partial charge on any atom is -0.313 e. The predicted octanol–water partition coefficient (Wildman–Crippen LogP) is 3.36. The van der Waals surface area contributed by atoms with Crippen molar-refractivity contribution in [2.75, 3.05) is 6.54 Å². The summed E-state index contributed by atoms with van der Waals surface area (Å²) < 4.78 is 2.30. The van der Waals surface area contributed by atoms with Gasteiger partial charge in [-0.25, -0.2) is 0 Å². The molecule has 2 rings (SSSR count). The fraction of sp³-hybridized carbons (Fsp3) is 0.800. The summed E-state index contributed by atoms with van der Waals surface area (Å²) in [4.78, 5) is 0. The maximum Gasteiger partial charge on any atom is 0.0641 e.